The van der Waals surface area contributed by atoms with Crippen molar-refractivity contribution in [2.24, 2.45) is 0 Å². The zero-order valence-corrected chi connectivity index (χ0v) is 16.3. The molecule has 0 aliphatic carbocycles. The first-order valence-corrected chi connectivity index (χ1v) is 10.5. The Morgan fingerprint density at radius 2 is 1.89 bits per heavy atom. The molecule has 0 amide bonds. The van der Waals surface area contributed by atoms with Crippen LogP contribution in [0.5, 0.6) is 0 Å². The molecule has 2 rings (SSSR count). The summed E-state index contributed by atoms with van der Waals surface area (Å²) in [5.74, 6) is -0.236. The summed E-state index contributed by atoms with van der Waals surface area (Å²) in [5, 5.41) is 0. The van der Waals surface area contributed by atoms with Crippen molar-refractivity contribution in [3.8, 4) is 0 Å². The Hall–Kier alpha value is -1.54. The number of alkyl halides is 3. The van der Waals surface area contributed by atoms with Gasteiger partial charge in [-0.3, -0.25) is 0 Å². The van der Waals surface area contributed by atoms with Crippen LogP contribution in [0.25, 0.3) is 0 Å². The van der Waals surface area contributed by atoms with Crippen LogP contribution in [0.4, 0.5) is 13.2 Å². The van der Waals surface area contributed by atoms with Crippen LogP contribution < -0.4 is 0 Å². The van der Waals surface area contributed by atoms with Gasteiger partial charge in [0.1, 0.15) is 5.76 Å². The van der Waals surface area contributed by atoms with Crippen LogP contribution in [0.15, 0.2) is 41.7 Å². The van der Waals surface area contributed by atoms with Gasteiger partial charge in [-0.15, -0.1) is 0 Å². The number of unbranched alkanes of at least 4 members (excludes halogenated alkanes) is 2. The third-order valence-electron chi connectivity index (χ3n) is 4.60. The highest BCUT2D eigenvalue weighted by molar-refractivity contribution is 7.87. The summed E-state index contributed by atoms with van der Waals surface area (Å²) in [4.78, 5) is 0. The quantitative estimate of drug-likeness (QED) is 0.255. The molecule has 0 bridgehead atoms. The highest BCUT2D eigenvalue weighted by Gasteiger charge is 2.49. The van der Waals surface area contributed by atoms with E-state index in [0.717, 1.165) is 24.8 Å². The van der Waals surface area contributed by atoms with Crippen LogP contribution in [-0.2, 0) is 19.0 Å². The lowest BCUT2D eigenvalue weighted by Crippen LogP contribution is -2.29. The monoisotopic (exact) mass is 406 g/mol. The summed E-state index contributed by atoms with van der Waals surface area (Å²) < 4.78 is 71.0. The van der Waals surface area contributed by atoms with E-state index in [2.05, 4.69) is 11.1 Å². The number of ether oxygens (including phenoxy) is 1. The topological polar surface area (TPSA) is 52.6 Å². The Kier molecular flexibility index (Phi) is 7.33. The van der Waals surface area contributed by atoms with Gasteiger partial charge in [-0.05, 0) is 37.3 Å². The number of halogens is 3. The first kappa shape index (κ1) is 21.8. The predicted octanol–water partition coefficient (Wildman–Crippen LogP) is 5.63. The molecule has 4 nitrogen and oxygen atoms in total. The molecule has 27 heavy (non-hydrogen) atoms. The average Bonchev–Trinajstić information content (AvgIpc) is 2.61. The van der Waals surface area contributed by atoms with E-state index >= 15 is 0 Å². The van der Waals surface area contributed by atoms with Gasteiger partial charge in [0.2, 0.25) is 0 Å². The predicted molar refractivity (Wildman–Crippen MR) is 96.2 cm³/mol. The van der Waals surface area contributed by atoms with Crippen LogP contribution in [0.1, 0.15) is 64.0 Å². The largest absolute Gasteiger partial charge is 0.534 e. The van der Waals surface area contributed by atoms with Gasteiger partial charge in [-0.1, -0.05) is 56.5 Å². The summed E-state index contributed by atoms with van der Waals surface area (Å²) in [6, 6.07) is 9.59. The first-order chi connectivity index (χ1) is 12.7. The van der Waals surface area contributed by atoms with E-state index in [0.29, 0.717) is 24.8 Å². The van der Waals surface area contributed by atoms with Crippen LogP contribution in [-0.4, -0.2) is 20.0 Å². The Bertz CT molecular complexity index is 742. The molecule has 0 spiro atoms. The molecule has 2 atom stereocenters. The summed E-state index contributed by atoms with van der Waals surface area (Å²) in [6.45, 7) is 3.31. The normalized spacial score (nSPS) is 23.1. The molecular weight excluding hydrogens is 381 g/mol. The summed E-state index contributed by atoms with van der Waals surface area (Å²) in [5.41, 5.74) is -3.96. The highest BCUT2D eigenvalue weighted by atomic mass is 32.2. The fourth-order valence-electron chi connectivity index (χ4n) is 3.20. The van der Waals surface area contributed by atoms with E-state index in [-0.39, 0.29) is 11.9 Å². The Morgan fingerprint density at radius 3 is 2.48 bits per heavy atom. The summed E-state index contributed by atoms with van der Waals surface area (Å²) >= 11 is 0. The second-order valence-corrected chi connectivity index (χ2v) is 8.16. The fraction of sp³-hybridized carbons (Fsp3) is 0.579. The fourth-order valence-corrected chi connectivity index (χ4v) is 3.73. The van der Waals surface area contributed by atoms with Crippen molar-refractivity contribution in [3.63, 3.8) is 0 Å². The van der Waals surface area contributed by atoms with Gasteiger partial charge in [-0.25, -0.2) is 0 Å². The Morgan fingerprint density at radius 1 is 1.22 bits per heavy atom. The molecule has 0 saturated carbocycles. The van der Waals surface area contributed by atoms with Crippen LogP contribution in [0, 0.1) is 0 Å². The average molecular weight is 406 g/mol. The molecule has 1 heterocycles. The van der Waals surface area contributed by atoms with Gasteiger partial charge in [0.15, 0.2) is 0 Å². The molecular formula is C19H25F3O4S. The number of hydrogen-bond donors (Lipinski definition) is 0. The SMILES string of the molecule is CCCCCC1OC(c2ccccc2)CCC1=C(C)OS(=O)(=O)C(F)(F)F. The highest BCUT2D eigenvalue weighted by Crippen LogP contribution is 2.38. The summed E-state index contributed by atoms with van der Waals surface area (Å²) in [7, 11) is -5.67. The lowest BCUT2D eigenvalue weighted by atomic mass is 9.91. The van der Waals surface area contributed by atoms with E-state index in [1.54, 1.807) is 0 Å². The zero-order valence-electron chi connectivity index (χ0n) is 15.5. The van der Waals surface area contributed by atoms with E-state index in [4.69, 9.17) is 4.74 Å². The van der Waals surface area contributed by atoms with Crippen molar-refractivity contribution in [1.82, 2.24) is 0 Å². The van der Waals surface area contributed by atoms with Crippen molar-refractivity contribution in [2.75, 3.05) is 0 Å². The minimum atomic E-state index is -5.67. The van der Waals surface area contributed by atoms with Crippen LogP contribution in [0.3, 0.4) is 0 Å². The number of allylic oxidation sites excluding steroid dienone is 1. The maximum atomic E-state index is 12.6. The molecule has 0 radical (unpaired) electrons. The minimum Gasteiger partial charge on any atom is -0.381 e. The van der Waals surface area contributed by atoms with Crippen LogP contribution >= 0.6 is 0 Å². The van der Waals surface area contributed by atoms with Crippen LogP contribution in [0.2, 0.25) is 0 Å². The molecule has 1 saturated heterocycles. The van der Waals surface area contributed by atoms with Gasteiger partial charge in [0.05, 0.1) is 12.2 Å². The van der Waals surface area contributed by atoms with Crippen molar-refractivity contribution < 1.29 is 30.5 Å². The van der Waals surface area contributed by atoms with E-state index in [9.17, 15) is 21.6 Å². The molecule has 152 valence electrons. The molecule has 1 aliphatic rings. The molecule has 1 aromatic rings. The molecule has 2 unspecified atom stereocenters. The Labute approximate surface area is 158 Å². The zero-order chi connectivity index (χ0) is 20.1. The van der Waals surface area contributed by atoms with Gasteiger partial charge in [0, 0.05) is 0 Å². The van der Waals surface area contributed by atoms with Gasteiger partial charge >= 0.3 is 15.6 Å². The lowest BCUT2D eigenvalue weighted by molar-refractivity contribution is -0.0531. The van der Waals surface area contributed by atoms with Gasteiger partial charge in [0.25, 0.3) is 0 Å². The molecule has 8 heteroatoms. The molecule has 1 fully saturated rings. The third kappa shape index (κ3) is 5.72. The standard InChI is InChI=1S/C19H25F3O4S/c1-3-4-6-11-18-16(14(2)26-27(23,24)19(20,21)22)12-13-17(25-18)15-9-7-5-8-10-15/h5,7-10,17-18H,3-4,6,11-13H2,1-2H3. The lowest BCUT2D eigenvalue weighted by Gasteiger charge is -2.33. The van der Waals surface area contributed by atoms with Gasteiger partial charge in [-0.2, -0.15) is 21.6 Å². The summed E-state index contributed by atoms with van der Waals surface area (Å²) in [6.07, 6.45) is 3.75. The van der Waals surface area contributed by atoms with E-state index in [1.807, 2.05) is 30.3 Å². The van der Waals surface area contributed by atoms with Crippen molar-refractivity contribution >= 4 is 10.1 Å². The van der Waals surface area contributed by atoms with Gasteiger partial charge < -0.3 is 8.92 Å². The Balaban J connectivity index is 2.23. The van der Waals surface area contributed by atoms with Crippen molar-refractivity contribution in [2.45, 2.75) is 70.1 Å². The second kappa shape index (κ2) is 9.10. The van der Waals surface area contributed by atoms with Crippen molar-refractivity contribution in [1.29, 1.82) is 0 Å². The third-order valence-corrected chi connectivity index (χ3v) is 5.64. The first-order valence-electron chi connectivity index (χ1n) is 9.06. The maximum Gasteiger partial charge on any atom is 0.534 e. The molecule has 0 aromatic heterocycles. The van der Waals surface area contributed by atoms with E-state index < -0.39 is 21.7 Å². The number of benzene rings is 1. The number of hydrogen-bond acceptors (Lipinski definition) is 4. The number of rotatable bonds is 7. The smallest absolute Gasteiger partial charge is 0.381 e. The maximum absolute atomic E-state index is 12.6. The minimum absolute atomic E-state index is 0.173. The van der Waals surface area contributed by atoms with Crippen molar-refractivity contribution in [3.05, 3.63) is 47.2 Å². The molecule has 0 N–H and O–H groups in total. The molecule has 1 aliphatic heterocycles. The van der Waals surface area contributed by atoms with E-state index in [1.165, 1.54) is 6.92 Å². The second-order valence-electron chi connectivity index (χ2n) is 6.62. The molecule has 1 aromatic carbocycles.